The van der Waals surface area contributed by atoms with E-state index in [4.69, 9.17) is 20.1 Å². The van der Waals surface area contributed by atoms with Gasteiger partial charge in [-0.2, -0.15) is 0 Å². The molecule has 0 amide bonds. The van der Waals surface area contributed by atoms with Gasteiger partial charge in [0.15, 0.2) is 0 Å². The maximum Gasteiger partial charge on any atom is 0.328 e. The summed E-state index contributed by atoms with van der Waals surface area (Å²) in [4.78, 5) is 22.7. The van der Waals surface area contributed by atoms with Gasteiger partial charge in [0.1, 0.15) is 0 Å². The lowest BCUT2D eigenvalue weighted by Crippen LogP contribution is -2.47. The largest absolute Gasteiger partial charge is 0.480 e. The predicted octanol–water partition coefficient (Wildman–Crippen LogP) is 0.944. The second kappa shape index (κ2) is 8.87. The van der Waals surface area contributed by atoms with Crippen LogP contribution in [-0.4, -0.2) is 46.6 Å². The molecule has 0 heterocycles. The minimum Gasteiger partial charge on any atom is -0.480 e. The second-order valence-corrected chi connectivity index (χ2v) is 4.77. The van der Waals surface area contributed by atoms with Crippen molar-refractivity contribution in [3.63, 3.8) is 0 Å². The molecule has 0 saturated heterocycles. The number of hydrogen-bond acceptors (Lipinski definition) is 5. The fraction of sp³-hybridized carbons (Fsp3) is 0.846. The van der Waals surface area contributed by atoms with E-state index in [2.05, 4.69) is 6.92 Å². The molecule has 0 aromatic rings. The zero-order valence-electron chi connectivity index (χ0n) is 11.6. The molecule has 6 nitrogen and oxygen atoms in total. The zero-order valence-corrected chi connectivity index (χ0v) is 11.6. The second-order valence-electron chi connectivity index (χ2n) is 4.77. The van der Waals surface area contributed by atoms with Gasteiger partial charge in [-0.25, -0.2) is 0 Å². The van der Waals surface area contributed by atoms with Gasteiger partial charge in [0.25, 0.3) is 0 Å². The Balaban J connectivity index is 4.36. The van der Waals surface area contributed by atoms with Crippen LogP contribution in [0.3, 0.4) is 0 Å². The van der Waals surface area contributed by atoms with Gasteiger partial charge >= 0.3 is 11.9 Å². The summed E-state index contributed by atoms with van der Waals surface area (Å²) >= 11 is 0. The van der Waals surface area contributed by atoms with Crippen molar-refractivity contribution < 1.29 is 29.6 Å². The molecule has 0 aromatic carbocycles. The van der Waals surface area contributed by atoms with Crippen molar-refractivity contribution in [1.29, 1.82) is 0 Å². The van der Waals surface area contributed by atoms with Crippen LogP contribution in [0.25, 0.3) is 0 Å². The summed E-state index contributed by atoms with van der Waals surface area (Å²) in [5.74, 6) is -2.67. The molecule has 3 N–H and O–H groups in total. The number of carbonyl (C=O) groups is 2. The summed E-state index contributed by atoms with van der Waals surface area (Å²) in [6, 6.07) is 0. The number of aliphatic carboxylic acids is 1. The Hall–Kier alpha value is -1.14. The first-order valence-electron chi connectivity index (χ1n) is 6.60. The van der Waals surface area contributed by atoms with Gasteiger partial charge < -0.3 is 20.1 Å². The van der Waals surface area contributed by atoms with E-state index >= 15 is 0 Å². The van der Waals surface area contributed by atoms with Gasteiger partial charge in [-0.3, -0.25) is 9.59 Å². The highest BCUT2D eigenvalue weighted by molar-refractivity contribution is 5.99. The minimum atomic E-state index is -2.27. The molecule has 0 aliphatic heterocycles. The number of carboxylic acids is 1. The molecule has 1 unspecified atom stereocenters. The van der Waals surface area contributed by atoms with E-state index in [1.807, 2.05) is 0 Å². The Bertz CT molecular complexity index is 285. The molecule has 6 heteroatoms. The Morgan fingerprint density at radius 2 is 1.74 bits per heavy atom. The summed E-state index contributed by atoms with van der Waals surface area (Å²) in [7, 11) is 0. The van der Waals surface area contributed by atoms with Gasteiger partial charge in [-0.15, -0.1) is 0 Å². The lowest BCUT2D eigenvalue weighted by Gasteiger charge is -2.24. The van der Waals surface area contributed by atoms with Crippen LogP contribution in [0.15, 0.2) is 0 Å². The lowest BCUT2D eigenvalue weighted by molar-refractivity contribution is -0.178. The number of unbranched alkanes of at least 4 members (excludes halogenated alkanes) is 3. The van der Waals surface area contributed by atoms with Crippen LogP contribution in [0.5, 0.6) is 0 Å². The van der Waals surface area contributed by atoms with Gasteiger partial charge in [-0.05, 0) is 19.8 Å². The average molecular weight is 276 g/mol. The van der Waals surface area contributed by atoms with Crippen LogP contribution in [0.2, 0.25) is 0 Å². The number of carbonyl (C=O) groups excluding carboxylic acids is 1. The summed E-state index contributed by atoms with van der Waals surface area (Å²) in [5.41, 5.74) is -2.27. The molecular weight excluding hydrogens is 252 g/mol. The third-order valence-corrected chi connectivity index (χ3v) is 3.11. The Labute approximate surface area is 113 Å². The molecule has 0 saturated carbocycles. The predicted molar refractivity (Wildman–Crippen MR) is 68.6 cm³/mol. The molecule has 112 valence electrons. The van der Waals surface area contributed by atoms with Crippen LogP contribution >= 0.6 is 0 Å². The van der Waals surface area contributed by atoms with Gasteiger partial charge in [-0.1, -0.05) is 26.2 Å². The SMILES string of the molecule is CCCCCCC(C)OC(=O)C(CO)(CO)C(=O)O. The molecule has 0 aliphatic carbocycles. The number of carboxylic acid groups (broad SMARTS) is 1. The fourth-order valence-electron chi connectivity index (χ4n) is 1.61. The fourth-order valence-corrected chi connectivity index (χ4v) is 1.61. The third-order valence-electron chi connectivity index (χ3n) is 3.11. The molecule has 0 bridgehead atoms. The maximum atomic E-state index is 11.7. The smallest absolute Gasteiger partial charge is 0.328 e. The van der Waals surface area contributed by atoms with Crippen LogP contribution in [-0.2, 0) is 14.3 Å². The maximum absolute atomic E-state index is 11.7. The summed E-state index contributed by atoms with van der Waals surface area (Å²) in [6.07, 6.45) is 4.33. The Morgan fingerprint density at radius 1 is 1.16 bits per heavy atom. The van der Waals surface area contributed by atoms with E-state index in [-0.39, 0.29) is 0 Å². The van der Waals surface area contributed by atoms with Crippen LogP contribution in [0.4, 0.5) is 0 Å². The summed E-state index contributed by atoms with van der Waals surface area (Å²) < 4.78 is 5.00. The van der Waals surface area contributed by atoms with Crippen molar-refractivity contribution in [1.82, 2.24) is 0 Å². The molecular formula is C13H24O6. The van der Waals surface area contributed by atoms with Gasteiger partial charge in [0, 0.05) is 0 Å². The molecule has 0 radical (unpaired) electrons. The van der Waals surface area contributed by atoms with Crippen molar-refractivity contribution in [2.45, 2.75) is 52.1 Å². The van der Waals surface area contributed by atoms with Crippen molar-refractivity contribution in [3.8, 4) is 0 Å². The van der Waals surface area contributed by atoms with Crippen LogP contribution in [0, 0.1) is 5.41 Å². The van der Waals surface area contributed by atoms with Gasteiger partial charge in [0.2, 0.25) is 5.41 Å². The van der Waals surface area contributed by atoms with Crippen LogP contribution in [0.1, 0.15) is 46.0 Å². The first-order chi connectivity index (χ1) is 8.94. The highest BCUT2D eigenvalue weighted by Crippen LogP contribution is 2.20. The molecule has 0 spiro atoms. The van der Waals surface area contributed by atoms with E-state index in [0.717, 1.165) is 25.7 Å². The third kappa shape index (κ3) is 5.16. The number of aliphatic hydroxyl groups excluding tert-OH is 2. The molecule has 0 rings (SSSR count). The molecule has 1 atom stereocenters. The highest BCUT2D eigenvalue weighted by Gasteiger charge is 2.47. The molecule has 0 fully saturated rings. The standard InChI is InChI=1S/C13H24O6/c1-3-4-5-6-7-10(2)19-12(18)13(8-14,9-15)11(16)17/h10,14-15H,3-9H2,1-2H3,(H,16,17). The lowest BCUT2D eigenvalue weighted by atomic mass is 9.90. The van der Waals surface area contributed by atoms with E-state index in [9.17, 15) is 9.59 Å². The first kappa shape index (κ1) is 17.9. The van der Waals surface area contributed by atoms with Gasteiger partial charge in [0.05, 0.1) is 19.3 Å². The number of rotatable bonds is 10. The van der Waals surface area contributed by atoms with Crippen molar-refractivity contribution >= 4 is 11.9 Å². The van der Waals surface area contributed by atoms with E-state index in [0.29, 0.717) is 6.42 Å². The average Bonchev–Trinajstić information content (AvgIpc) is 2.36. The van der Waals surface area contributed by atoms with E-state index < -0.39 is 36.7 Å². The number of ether oxygens (including phenoxy) is 1. The monoisotopic (exact) mass is 276 g/mol. The molecule has 0 aliphatic rings. The first-order valence-corrected chi connectivity index (χ1v) is 6.60. The van der Waals surface area contributed by atoms with E-state index in [1.54, 1.807) is 6.92 Å². The number of esters is 1. The Morgan fingerprint density at radius 3 is 2.16 bits per heavy atom. The quantitative estimate of drug-likeness (QED) is 0.312. The zero-order chi connectivity index (χ0) is 14.9. The van der Waals surface area contributed by atoms with Crippen molar-refractivity contribution in [3.05, 3.63) is 0 Å². The van der Waals surface area contributed by atoms with E-state index in [1.165, 1.54) is 0 Å². The number of aliphatic hydroxyl groups is 2. The van der Waals surface area contributed by atoms with Crippen molar-refractivity contribution in [2.24, 2.45) is 5.41 Å². The number of hydrogen-bond donors (Lipinski definition) is 3. The Kier molecular flexibility index (Phi) is 8.34. The summed E-state index contributed by atoms with van der Waals surface area (Å²) in [6.45, 7) is 1.79. The highest BCUT2D eigenvalue weighted by atomic mass is 16.5. The van der Waals surface area contributed by atoms with Crippen LogP contribution < -0.4 is 0 Å². The van der Waals surface area contributed by atoms with Crippen molar-refractivity contribution in [2.75, 3.05) is 13.2 Å². The minimum absolute atomic E-state index is 0.429. The normalized spacial score (nSPS) is 13.1. The summed E-state index contributed by atoms with van der Waals surface area (Å²) in [5, 5.41) is 27.0. The topological polar surface area (TPSA) is 104 Å². The molecule has 0 aromatic heterocycles. The molecule has 19 heavy (non-hydrogen) atoms.